The summed E-state index contributed by atoms with van der Waals surface area (Å²) in [6.45, 7) is 3.86. The maximum Gasteiger partial charge on any atom is 0.115 e. The van der Waals surface area contributed by atoms with Gasteiger partial charge in [0.2, 0.25) is 0 Å². The van der Waals surface area contributed by atoms with Gasteiger partial charge < -0.3 is 20.1 Å². The van der Waals surface area contributed by atoms with Crippen molar-refractivity contribution < 1.29 is 9.84 Å². The second-order valence-corrected chi connectivity index (χ2v) is 9.08. The fraction of sp³-hybridized carbons (Fsp3) is 0.357. The Bertz CT molecular complexity index is 1030. The number of rotatable bonds is 5. The number of phenols is 1. The van der Waals surface area contributed by atoms with E-state index < -0.39 is 0 Å². The molecule has 0 spiro atoms. The summed E-state index contributed by atoms with van der Waals surface area (Å²) in [6.07, 6.45) is 2.44. The van der Waals surface area contributed by atoms with Crippen LogP contribution in [0.25, 0.3) is 0 Å². The molecule has 3 aromatic carbocycles. The number of fused-ring (bicyclic) bond motifs is 1. The van der Waals surface area contributed by atoms with Crippen LogP contribution in [-0.4, -0.2) is 31.8 Å². The SMILES string of the molecule is CNCC1CCN(c2ccc([C@@H]3c4ccc(O)cc4CO[C@@H]3c3ccccc3)cc2)CC1. The summed E-state index contributed by atoms with van der Waals surface area (Å²) in [6, 6.07) is 25.2. The van der Waals surface area contributed by atoms with Crippen molar-refractivity contribution in [3.63, 3.8) is 0 Å². The van der Waals surface area contributed by atoms with Gasteiger partial charge >= 0.3 is 0 Å². The molecule has 0 unspecified atom stereocenters. The van der Waals surface area contributed by atoms with Gasteiger partial charge in [-0.05, 0) is 78.9 Å². The van der Waals surface area contributed by atoms with Crippen LogP contribution in [0, 0.1) is 5.92 Å². The van der Waals surface area contributed by atoms with Crippen molar-refractivity contribution in [3.05, 3.63) is 95.1 Å². The lowest BCUT2D eigenvalue weighted by molar-refractivity contribution is 0.0148. The highest BCUT2D eigenvalue weighted by Crippen LogP contribution is 2.45. The van der Waals surface area contributed by atoms with Gasteiger partial charge in [0, 0.05) is 24.7 Å². The fourth-order valence-electron chi connectivity index (χ4n) is 5.32. The summed E-state index contributed by atoms with van der Waals surface area (Å²) in [5.41, 5.74) is 6.04. The van der Waals surface area contributed by atoms with E-state index >= 15 is 0 Å². The molecule has 32 heavy (non-hydrogen) atoms. The van der Waals surface area contributed by atoms with Crippen molar-refractivity contribution >= 4 is 5.69 Å². The normalized spacial score (nSPS) is 21.3. The van der Waals surface area contributed by atoms with Crippen LogP contribution in [0.15, 0.2) is 72.8 Å². The molecule has 1 saturated heterocycles. The van der Waals surface area contributed by atoms with Crippen LogP contribution in [0.4, 0.5) is 5.69 Å². The number of nitrogens with one attached hydrogen (secondary N) is 1. The number of benzene rings is 3. The van der Waals surface area contributed by atoms with E-state index in [2.05, 4.69) is 64.8 Å². The van der Waals surface area contributed by atoms with Crippen LogP contribution in [0.1, 0.15) is 47.1 Å². The maximum atomic E-state index is 10.00. The van der Waals surface area contributed by atoms with E-state index in [9.17, 15) is 5.11 Å². The first-order chi connectivity index (χ1) is 15.7. The first-order valence-corrected chi connectivity index (χ1v) is 11.7. The Balaban J connectivity index is 1.43. The van der Waals surface area contributed by atoms with Crippen LogP contribution < -0.4 is 10.2 Å². The van der Waals surface area contributed by atoms with Crippen LogP contribution in [-0.2, 0) is 11.3 Å². The van der Waals surface area contributed by atoms with Gasteiger partial charge in [0.05, 0.1) is 12.7 Å². The standard InChI is InChI=1S/C28H32N2O2/c1-29-18-20-13-15-30(16-14-20)24-9-7-21(8-10-24)27-26-12-11-25(31)17-23(26)19-32-28(27)22-5-3-2-4-6-22/h2-12,17,20,27-29,31H,13-16,18-19H2,1H3/t27-,28-/m1/s1. The summed E-state index contributed by atoms with van der Waals surface area (Å²) < 4.78 is 6.37. The number of ether oxygens (including phenoxy) is 1. The topological polar surface area (TPSA) is 44.7 Å². The molecule has 0 aromatic heterocycles. The van der Waals surface area contributed by atoms with Gasteiger partial charge in [-0.25, -0.2) is 0 Å². The average Bonchev–Trinajstić information content (AvgIpc) is 2.84. The van der Waals surface area contributed by atoms with E-state index in [1.54, 1.807) is 6.07 Å². The highest BCUT2D eigenvalue weighted by atomic mass is 16.5. The van der Waals surface area contributed by atoms with Crippen LogP contribution >= 0.6 is 0 Å². The molecule has 166 valence electrons. The molecule has 2 aliphatic rings. The van der Waals surface area contributed by atoms with E-state index in [1.165, 1.54) is 35.2 Å². The number of nitrogens with zero attached hydrogens (tertiary/aromatic N) is 1. The Hall–Kier alpha value is -2.82. The molecule has 3 aromatic rings. The number of hydrogen-bond acceptors (Lipinski definition) is 4. The van der Waals surface area contributed by atoms with Crippen LogP contribution in [0.3, 0.4) is 0 Å². The minimum atomic E-state index is -0.0450. The lowest BCUT2D eigenvalue weighted by Gasteiger charge is -2.36. The molecule has 0 radical (unpaired) electrons. The van der Waals surface area contributed by atoms with Gasteiger partial charge in [-0.2, -0.15) is 0 Å². The van der Waals surface area contributed by atoms with E-state index in [-0.39, 0.29) is 12.0 Å². The Morgan fingerprint density at radius 3 is 2.41 bits per heavy atom. The molecule has 4 nitrogen and oxygen atoms in total. The van der Waals surface area contributed by atoms with Gasteiger partial charge in [0.25, 0.3) is 0 Å². The molecule has 0 amide bonds. The fourth-order valence-corrected chi connectivity index (χ4v) is 5.32. The molecule has 1 fully saturated rings. The lowest BCUT2D eigenvalue weighted by atomic mass is 9.79. The molecule has 4 heteroatoms. The molecular weight excluding hydrogens is 396 g/mol. The van der Waals surface area contributed by atoms with Gasteiger partial charge in [0.15, 0.2) is 0 Å². The van der Waals surface area contributed by atoms with E-state index in [0.717, 1.165) is 31.1 Å². The molecule has 2 heterocycles. The molecule has 0 aliphatic carbocycles. The number of anilines is 1. The predicted octanol–water partition coefficient (Wildman–Crippen LogP) is 5.23. The number of hydrogen-bond donors (Lipinski definition) is 2. The largest absolute Gasteiger partial charge is 0.508 e. The summed E-state index contributed by atoms with van der Waals surface area (Å²) in [7, 11) is 2.04. The first-order valence-electron chi connectivity index (χ1n) is 11.7. The second-order valence-electron chi connectivity index (χ2n) is 9.08. The zero-order valence-corrected chi connectivity index (χ0v) is 18.7. The number of aromatic hydroxyl groups is 1. The lowest BCUT2D eigenvalue weighted by Crippen LogP contribution is -2.36. The van der Waals surface area contributed by atoms with Gasteiger partial charge in [-0.3, -0.25) is 0 Å². The summed E-state index contributed by atoms with van der Waals surface area (Å²) in [5.74, 6) is 1.17. The predicted molar refractivity (Wildman–Crippen MR) is 129 cm³/mol. The highest BCUT2D eigenvalue weighted by molar-refractivity contribution is 5.52. The smallest absolute Gasteiger partial charge is 0.115 e. The molecule has 5 rings (SSSR count). The first kappa shape index (κ1) is 21.0. The Kier molecular flexibility index (Phi) is 6.15. The Morgan fingerprint density at radius 1 is 0.938 bits per heavy atom. The van der Waals surface area contributed by atoms with Crippen molar-refractivity contribution in [2.75, 3.05) is 31.6 Å². The van der Waals surface area contributed by atoms with Gasteiger partial charge in [0.1, 0.15) is 5.75 Å². The van der Waals surface area contributed by atoms with Crippen molar-refractivity contribution in [1.29, 1.82) is 0 Å². The minimum absolute atomic E-state index is 0.0450. The van der Waals surface area contributed by atoms with Crippen molar-refractivity contribution in [2.24, 2.45) is 5.92 Å². The molecular formula is C28H32N2O2. The van der Waals surface area contributed by atoms with Crippen molar-refractivity contribution in [1.82, 2.24) is 5.32 Å². The Labute approximate surface area is 190 Å². The van der Waals surface area contributed by atoms with Crippen LogP contribution in [0.5, 0.6) is 5.75 Å². The molecule has 2 N–H and O–H groups in total. The highest BCUT2D eigenvalue weighted by Gasteiger charge is 2.33. The third-order valence-electron chi connectivity index (χ3n) is 7.04. The molecule has 0 bridgehead atoms. The quantitative estimate of drug-likeness (QED) is 0.584. The van der Waals surface area contributed by atoms with E-state index in [0.29, 0.717) is 12.4 Å². The minimum Gasteiger partial charge on any atom is -0.508 e. The van der Waals surface area contributed by atoms with Gasteiger partial charge in [-0.1, -0.05) is 48.5 Å². The molecule has 2 aliphatic heterocycles. The average molecular weight is 429 g/mol. The summed E-state index contributed by atoms with van der Waals surface area (Å²) >= 11 is 0. The monoisotopic (exact) mass is 428 g/mol. The second kappa shape index (κ2) is 9.35. The Morgan fingerprint density at radius 2 is 1.69 bits per heavy atom. The summed E-state index contributed by atoms with van der Waals surface area (Å²) in [5, 5.41) is 13.3. The number of piperidine rings is 1. The van der Waals surface area contributed by atoms with Crippen LogP contribution in [0.2, 0.25) is 0 Å². The zero-order chi connectivity index (χ0) is 21.9. The summed E-state index contributed by atoms with van der Waals surface area (Å²) in [4.78, 5) is 2.51. The van der Waals surface area contributed by atoms with Crippen molar-refractivity contribution in [3.8, 4) is 5.75 Å². The number of phenolic OH excluding ortho intramolecular Hbond substituents is 1. The molecule has 2 atom stereocenters. The maximum absolute atomic E-state index is 10.00. The molecule has 0 saturated carbocycles. The van der Waals surface area contributed by atoms with Crippen molar-refractivity contribution in [2.45, 2.75) is 31.5 Å². The third kappa shape index (κ3) is 4.25. The van der Waals surface area contributed by atoms with Gasteiger partial charge in [-0.15, -0.1) is 0 Å². The van der Waals surface area contributed by atoms with E-state index in [4.69, 9.17) is 4.74 Å². The zero-order valence-electron chi connectivity index (χ0n) is 18.7. The third-order valence-corrected chi connectivity index (χ3v) is 7.04. The van der Waals surface area contributed by atoms with E-state index in [1.807, 2.05) is 19.2 Å².